The number of rotatable bonds is 5. The van der Waals surface area contributed by atoms with Crippen LogP contribution in [-0.4, -0.2) is 25.5 Å². The molecule has 0 bridgehead atoms. The lowest BCUT2D eigenvalue weighted by atomic mass is 10.2. The molecule has 1 unspecified atom stereocenters. The second-order valence-electron chi connectivity index (χ2n) is 4.26. The van der Waals surface area contributed by atoms with Crippen molar-refractivity contribution in [2.45, 2.75) is 30.5 Å². The summed E-state index contributed by atoms with van der Waals surface area (Å²) in [7, 11) is -4.56. The van der Waals surface area contributed by atoms with E-state index < -0.39 is 45.1 Å². The number of benzene rings is 1. The molecule has 1 aromatic rings. The molecule has 0 saturated carbocycles. The van der Waals surface area contributed by atoms with E-state index in [1.807, 2.05) is 4.72 Å². The maximum Gasteiger partial charge on any atom is 0.417 e. The maximum absolute atomic E-state index is 12.8. The Bertz CT molecular complexity index is 645. The monoisotopic (exact) mass is 345 g/mol. The van der Waals surface area contributed by atoms with Crippen LogP contribution in [0.15, 0.2) is 23.1 Å². The summed E-state index contributed by atoms with van der Waals surface area (Å²) in [6, 6.07) is 1.07. The van der Waals surface area contributed by atoms with Crippen molar-refractivity contribution >= 4 is 27.6 Å². The Labute approximate surface area is 123 Å². The van der Waals surface area contributed by atoms with Gasteiger partial charge in [0.2, 0.25) is 10.0 Å². The van der Waals surface area contributed by atoms with E-state index in [2.05, 4.69) is 0 Å². The molecule has 10 heteroatoms. The average molecular weight is 346 g/mol. The van der Waals surface area contributed by atoms with Crippen molar-refractivity contribution in [3.8, 4) is 0 Å². The van der Waals surface area contributed by atoms with Gasteiger partial charge in [-0.2, -0.15) is 13.2 Å². The first-order valence-electron chi connectivity index (χ1n) is 5.54. The zero-order valence-corrected chi connectivity index (χ0v) is 12.2. The van der Waals surface area contributed by atoms with Crippen LogP contribution in [0.25, 0.3) is 0 Å². The lowest BCUT2D eigenvalue weighted by Gasteiger charge is -2.16. The molecule has 0 heterocycles. The van der Waals surface area contributed by atoms with Crippen LogP contribution in [0.2, 0.25) is 5.02 Å². The van der Waals surface area contributed by atoms with Gasteiger partial charge in [0.15, 0.2) is 0 Å². The molecular formula is C11H11ClF3NO4S. The summed E-state index contributed by atoms with van der Waals surface area (Å²) in [5.74, 6) is -1.28. The second kappa shape index (κ2) is 6.20. The van der Waals surface area contributed by atoms with Crippen molar-refractivity contribution < 1.29 is 31.5 Å². The van der Waals surface area contributed by atoms with Gasteiger partial charge in [-0.15, -0.1) is 0 Å². The van der Waals surface area contributed by atoms with Crippen molar-refractivity contribution in [3.63, 3.8) is 0 Å². The molecule has 118 valence electrons. The lowest BCUT2D eigenvalue weighted by Crippen LogP contribution is -2.35. The van der Waals surface area contributed by atoms with E-state index >= 15 is 0 Å². The van der Waals surface area contributed by atoms with E-state index in [1.54, 1.807) is 0 Å². The number of halogens is 4. The number of sulfonamides is 1. The Hall–Kier alpha value is -1.32. The highest BCUT2D eigenvalue weighted by Crippen LogP contribution is 2.35. The third-order valence-corrected chi connectivity index (χ3v) is 4.24. The Kier molecular flexibility index (Phi) is 5.24. The first kappa shape index (κ1) is 17.7. The molecule has 1 atom stereocenters. The highest BCUT2D eigenvalue weighted by Gasteiger charge is 2.37. The third-order valence-electron chi connectivity index (χ3n) is 2.38. The topological polar surface area (TPSA) is 83.5 Å². The van der Waals surface area contributed by atoms with Crippen LogP contribution in [0.5, 0.6) is 0 Å². The van der Waals surface area contributed by atoms with E-state index in [4.69, 9.17) is 16.7 Å². The van der Waals surface area contributed by atoms with Gasteiger partial charge in [0, 0.05) is 11.1 Å². The van der Waals surface area contributed by atoms with Crippen molar-refractivity contribution in [2.24, 2.45) is 0 Å². The Morgan fingerprint density at radius 3 is 2.48 bits per heavy atom. The minimum absolute atomic E-state index is 0.186. The SMILES string of the molecule is CC(CC(=O)O)NS(=O)(=O)c1cc(Cl)ccc1C(F)(F)F. The average Bonchev–Trinajstić information content (AvgIpc) is 2.24. The second-order valence-corrected chi connectivity index (χ2v) is 6.38. The minimum atomic E-state index is -4.88. The summed E-state index contributed by atoms with van der Waals surface area (Å²) in [5.41, 5.74) is -1.37. The zero-order chi connectivity index (χ0) is 16.4. The quantitative estimate of drug-likeness (QED) is 0.859. The van der Waals surface area contributed by atoms with Crippen LogP contribution >= 0.6 is 11.6 Å². The third kappa shape index (κ3) is 4.87. The number of carbonyl (C=O) groups is 1. The van der Waals surface area contributed by atoms with Crippen molar-refractivity contribution in [1.29, 1.82) is 0 Å². The van der Waals surface area contributed by atoms with Gasteiger partial charge < -0.3 is 5.11 Å². The van der Waals surface area contributed by atoms with Crippen LogP contribution in [0, 0.1) is 0 Å². The number of carboxylic acid groups (broad SMARTS) is 1. The highest BCUT2D eigenvalue weighted by atomic mass is 35.5. The standard InChI is InChI=1S/C11H11ClF3NO4S/c1-6(4-10(17)18)16-21(19,20)9-5-7(12)2-3-8(9)11(13,14)15/h2-3,5-6,16H,4H2,1H3,(H,17,18). The van der Waals surface area contributed by atoms with Crippen LogP contribution < -0.4 is 4.72 Å². The van der Waals surface area contributed by atoms with Gasteiger partial charge in [-0.05, 0) is 25.1 Å². The number of aliphatic carboxylic acids is 1. The Morgan fingerprint density at radius 1 is 1.43 bits per heavy atom. The van der Waals surface area contributed by atoms with Gasteiger partial charge in [0.25, 0.3) is 0 Å². The lowest BCUT2D eigenvalue weighted by molar-refractivity contribution is -0.140. The number of alkyl halides is 3. The molecule has 0 amide bonds. The van der Waals surface area contributed by atoms with Crippen LogP contribution in [0.4, 0.5) is 13.2 Å². The van der Waals surface area contributed by atoms with Crippen LogP contribution in [0.1, 0.15) is 18.9 Å². The first-order valence-corrected chi connectivity index (χ1v) is 7.40. The molecule has 0 aliphatic carbocycles. The first-order chi connectivity index (χ1) is 9.43. The molecular weight excluding hydrogens is 335 g/mol. The summed E-state index contributed by atoms with van der Waals surface area (Å²) in [6.07, 6.45) is -5.45. The minimum Gasteiger partial charge on any atom is -0.481 e. The van der Waals surface area contributed by atoms with Gasteiger partial charge in [0.1, 0.15) is 0 Å². The maximum atomic E-state index is 12.8. The smallest absolute Gasteiger partial charge is 0.417 e. The summed E-state index contributed by atoms with van der Waals surface area (Å²) in [5, 5.41) is 8.36. The fourth-order valence-electron chi connectivity index (χ4n) is 1.58. The van der Waals surface area contributed by atoms with Gasteiger partial charge in [-0.1, -0.05) is 11.6 Å². The largest absolute Gasteiger partial charge is 0.481 e. The van der Waals surface area contributed by atoms with E-state index in [-0.39, 0.29) is 5.02 Å². The summed E-state index contributed by atoms with van der Waals surface area (Å²) in [4.78, 5) is 9.43. The Balaban J connectivity index is 3.25. The van der Waals surface area contributed by atoms with Gasteiger partial charge in [-0.3, -0.25) is 4.79 Å². The predicted molar refractivity (Wildman–Crippen MR) is 68.5 cm³/mol. The Morgan fingerprint density at radius 2 is 2.00 bits per heavy atom. The molecule has 0 spiro atoms. The van der Waals surface area contributed by atoms with E-state index in [0.29, 0.717) is 12.1 Å². The normalized spacial score (nSPS) is 14.0. The van der Waals surface area contributed by atoms with Crippen LogP contribution in [0.3, 0.4) is 0 Å². The molecule has 2 N–H and O–H groups in total. The zero-order valence-electron chi connectivity index (χ0n) is 10.6. The summed E-state index contributed by atoms with van der Waals surface area (Å²) in [6.45, 7) is 1.23. The molecule has 0 fully saturated rings. The fourth-order valence-corrected chi connectivity index (χ4v) is 3.32. The van der Waals surface area contributed by atoms with Gasteiger partial charge in [0.05, 0.1) is 16.9 Å². The number of hydrogen-bond acceptors (Lipinski definition) is 3. The predicted octanol–water partition coefficient (Wildman–Crippen LogP) is 2.50. The van der Waals surface area contributed by atoms with E-state index in [1.165, 1.54) is 6.92 Å². The fraction of sp³-hybridized carbons (Fsp3) is 0.364. The summed E-state index contributed by atoms with van der Waals surface area (Å²) < 4.78 is 64.3. The van der Waals surface area contributed by atoms with E-state index in [0.717, 1.165) is 6.07 Å². The molecule has 1 aromatic carbocycles. The van der Waals surface area contributed by atoms with Crippen molar-refractivity contribution in [1.82, 2.24) is 4.72 Å². The molecule has 0 radical (unpaired) electrons. The number of carboxylic acids is 1. The molecule has 0 aliphatic heterocycles. The number of nitrogens with one attached hydrogen (secondary N) is 1. The summed E-state index contributed by atoms with van der Waals surface area (Å²) >= 11 is 5.54. The molecule has 21 heavy (non-hydrogen) atoms. The molecule has 0 saturated heterocycles. The molecule has 0 aliphatic rings. The van der Waals surface area contributed by atoms with Gasteiger partial charge in [-0.25, -0.2) is 13.1 Å². The van der Waals surface area contributed by atoms with Crippen LogP contribution in [-0.2, 0) is 21.0 Å². The van der Waals surface area contributed by atoms with Crippen molar-refractivity contribution in [2.75, 3.05) is 0 Å². The molecule has 0 aromatic heterocycles. The molecule has 1 rings (SSSR count). The highest BCUT2D eigenvalue weighted by molar-refractivity contribution is 7.89. The molecule has 5 nitrogen and oxygen atoms in total. The van der Waals surface area contributed by atoms with E-state index in [9.17, 15) is 26.4 Å². The van der Waals surface area contributed by atoms with Gasteiger partial charge >= 0.3 is 12.1 Å². The number of hydrogen-bond donors (Lipinski definition) is 2. The van der Waals surface area contributed by atoms with Crippen molar-refractivity contribution in [3.05, 3.63) is 28.8 Å².